The second-order valence-electron chi connectivity index (χ2n) is 22.1. The summed E-state index contributed by atoms with van der Waals surface area (Å²) in [7, 11) is 0. The van der Waals surface area contributed by atoms with Crippen molar-refractivity contribution in [1.82, 2.24) is 0 Å². The van der Waals surface area contributed by atoms with E-state index in [0.717, 1.165) is 75.5 Å². The smallest absolute Gasteiger partial charge is 0.252 e. The molecule has 0 aromatic heterocycles. The minimum absolute atomic E-state index is 0.0797. The Kier molecular flexibility index (Phi) is 9.34. The molecule has 0 fully saturated rings. The highest BCUT2D eigenvalue weighted by atomic mass is 16.5. The Labute approximate surface area is 433 Å². The van der Waals surface area contributed by atoms with E-state index in [-0.39, 0.29) is 17.5 Å². The lowest BCUT2D eigenvalue weighted by Crippen LogP contribution is -2.61. The summed E-state index contributed by atoms with van der Waals surface area (Å²) >= 11 is 0. The molecule has 2 aliphatic carbocycles. The number of anilines is 6. The summed E-state index contributed by atoms with van der Waals surface area (Å²) in [5.74, 6) is 3.11. The molecule has 4 heterocycles. The van der Waals surface area contributed by atoms with Crippen molar-refractivity contribution < 1.29 is 18.9 Å². The molecule has 0 saturated carbocycles. The number of hydrogen-bond donors (Lipinski definition) is 0. The van der Waals surface area contributed by atoms with E-state index in [2.05, 4.69) is 214 Å². The van der Waals surface area contributed by atoms with Gasteiger partial charge in [0, 0.05) is 58.6 Å². The van der Waals surface area contributed by atoms with Gasteiger partial charge in [0.15, 0.2) is 23.0 Å². The third-order valence-corrected chi connectivity index (χ3v) is 17.0. The van der Waals surface area contributed by atoms with Gasteiger partial charge in [0.05, 0.1) is 37.8 Å². The van der Waals surface area contributed by atoms with Gasteiger partial charge in [-0.25, -0.2) is 0 Å². The van der Waals surface area contributed by atoms with E-state index < -0.39 is 0 Å². The van der Waals surface area contributed by atoms with Gasteiger partial charge in [0.2, 0.25) is 0 Å². The molecular formula is C67H55BN2O4. The predicted octanol–water partition coefficient (Wildman–Crippen LogP) is 14.3. The first-order valence-electron chi connectivity index (χ1n) is 26.4. The molecule has 0 spiro atoms. The van der Waals surface area contributed by atoms with Crippen molar-refractivity contribution in [3.05, 3.63) is 198 Å². The Morgan fingerprint density at radius 2 is 0.784 bits per heavy atom. The lowest BCUT2D eigenvalue weighted by atomic mass is 9.33. The van der Waals surface area contributed by atoms with Crippen LogP contribution in [-0.4, -0.2) is 33.1 Å². The van der Waals surface area contributed by atoms with Crippen LogP contribution in [0.3, 0.4) is 0 Å². The molecule has 0 radical (unpaired) electrons. The fraction of sp³-hybridized carbons (Fsp3) is 0.194. The number of benzene rings is 9. The molecule has 9 aromatic rings. The molecule has 360 valence electrons. The highest BCUT2D eigenvalue weighted by Gasteiger charge is 2.45. The van der Waals surface area contributed by atoms with Crippen LogP contribution in [0.1, 0.15) is 68.4 Å². The quantitative estimate of drug-likeness (QED) is 0.164. The molecule has 6 aliphatic rings. The zero-order valence-corrected chi connectivity index (χ0v) is 42.5. The van der Waals surface area contributed by atoms with E-state index in [4.69, 9.17) is 18.9 Å². The minimum Gasteiger partial charge on any atom is -0.490 e. The third-order valence-electron chi connectivity index (χ3n) is 17.0. The lowest BCUT2D eigenvalue weighted by molar-refractivity contribution is 0.296. The zero-order chi connectivity index (χ0) is 49.6. The number of ether oxygens (including phenoxy) is 4. The maximum atomic E-state index is 6.43. The fourth-order valence-corrected chi connectivity index (χ4v) is 13.4. The molecule has 0 bridgehead atoms. The van der Waals surface area contributed by atoms with Gasteiger partial charge in [-0.2, -0.15) is 0 Å². The summed E-state index contributed by atoms with van der Waals surface area (Å²) in [5.41, 5.74) is 26.9. The Bertz CT molecular complexity index is 3630. The Hall–Kier alpha value is -8.16. The molecule has 0 atom stereocenters. The molecule has 9 aromatic carbocycles. The molecule has 4 aliphatic heterocycles. The number of fused-ring (bicyclic) bond motifs is 12. The summed E-state index contributed by atoms with van der Waals surface area (Å²) in [4.78, 5) is 4.97. The first-order valence-corrected chi connectivity index (χ1v) is 26.4. The van der Waals surface area contributed by atoms with E-state index in [9.17, 15) is 0 Å². The van der Waals surface area contributed by atoms with Crippen LogP contribution in [0.25, 0.3) is 44.5 Å². The Morgan fingerprint density at radius 1 is 0.378 bits per heavy atom. The van der Waals surface area contributed by atoms with Gasteiger partial charge in [-0.1, -0.05) is 125 Å². The second kappa shape index (κ2) is 15.9. The van der Waals surface area contributed by atoms with Crippen molar-refractivity contribution in [2.45, 2.75) is 58.3 Å². The van der Waals surface area contributed by atoms with Gasteiger partial charge < -0.3 is 28.7 Å². The van der Waals surface area contributed by atoms with Gasteiger partial charge in [-0.05, 0) is 156 Å². The molecule has 0 unspecified atom stereocenters. The number of hydrogen-bond acceptors (Lipinski definition) is 6. The van der Waals surface area contributed by atoms with E-state index in [0.29, 0.717) is 26.4 Å². The van der Waals surface area contributed by atoms with Crippen LogP contribution in [0.5, 0.6) is 23.0 Å². The third kappa shape index (κ3) is 6.31. The minimum atomic E-state index is -0.118. The molecule has 15 rings (SSSR count). The van der Waals surface area contributed by atoms with Crippen LogP contribution in [-0.2, 0) is 10.8 Å². The monoisotopic (exact) mass is 962 g/mol. The summed E-state index contributed by atoms with van der Waals surface area (Å²) in [5, 5.41) is 0. The van der Waals surface area contributed by atoms with Crippen LogP contribution in [0.4, 0.5) is 34.1 Å². The van der Waals surface area contributed by atoms with Crippen molar-refractivity contribution in [2.24, 2.45) is 0 Å². The summed E-state index contributed by atoms with van der Waals surface area (Å²) in [6, 6.07) is 64.1. The highest BCUT2D eigenvalue weighted by molar-refractivity contribution is 7.00. The summed E-state index contributed by atoms with van der Waals surface area (Å²) in [6.07, 6.45) is 1.68. The predicted molar refractivity (Wildman–Crippen MR) is 302 cm³/mol. The Balaban J connectivity index is 0.955. The van der Waals surface area contributed by atoms with Crippen LogP contribution >= 0.6 is 0 Å². The lowest BCUT2D eigenvalue weighted by Gasteiger charge is -2.44. The molecule has 74 heavy (non-hydrogen) atoms. The van der Waals surface area contributed by atoms with Crippen LogP contribution in [0, 0.1) is 6.92 Å². The van der Waals surface area contributed by atoms with Gasteiger partial charge in [0.25, 0.3) is 6.71 Å². The van der Waals surface area contributed by atoms with Crippen molar-refractivity contribution in [3.8, 4) is 67.5 Å². The fourth-order valence-electron chi connectivity index (χ4n) is 13.4. The first-order chi connectivity index (χ1) is 36.1. The summed E-state index contributed by atoms with van der Waals surface area (Å²) in [6.45, 7) is 14.1. The molecule has 0 saturated heterocycles. The van der Waals surface area contributed by atoms with E-state index in [1.807, 2.05) is 0 Å². The van der Waals surface area contributed by atoms with Crippen molar-refractivity contribution in [3.63, 3.8) is 0 Å². The van der Waals surface area contributed by atoms with Crippen LogP contribution in [0.15, 0.2) is 170 Å². The van der Waals surface area contributed by atoms with E-state index in [1.54, 1.807) is 0 Å². The van der Waals surface area contributed by atoms with Gasteiger partial charge in [-0.3, -0.25) is 0 Å². The van der Waals surface area contributed by atoms with Gasteiger partial charge in [0.1, 0.15) is 0 Å². The molecule has 0 amide bonds. The molecular weight excluding hydrogens is 908 g/mol. The number of aryl methyl sites for hydroxylation is 1. The van der Waals surface area contributed by atoms with E-state index >= 15 is 0 Å². The zero-order valence-electron chi connectivity index (χ0n) is 42.5. The maximum absolute atomic E-state index is 6.43. The Morgan fingerprint density at radius 3 is 1.26 bits per heavy atom. The van der Waals surface area contributed by atoms with Gasteiger partial charge >= 0.3 is 0 Å². The average molecular weight is 963 g/mol. The first kappa shape index (κ1) is 43.4. The molecule has 7 heteroatoms. The van der Waals surface area contributed by atoms with Crippen LogP contribution < -0.4 is 45.1 Å². The van der Waals surface area contributed by atoms with Crippen molar-refractivity contribution in [1.29, 1.82) is 0 Å². The standard InChI is InChI=1S/C67H55BN2O4/c1-40-32-59-65-60(33-40)70(46-21-27-62-64(39-46)74-31-11-29-72-62)58-37-44(42-17-23-50-48-13-7-9-15-52(48)67(4,5)54(50)35-42)19-25-56(58)68(65)55-24-18-43(36-57(55)69(59)45-20-26-61-63(38-45)73-30-10-28-71-61)41-16-22-49-47-12-6-8-14-51(47)66(2,3)53(49)34-41/h6-9,12-27,32-39H,10-11,28-31H2,1-5H3. The average Bonchev–Trinajstić information content (AvgIpc) is 3.64. The maximum Gasteiger partial charge on any atom is 0.252 e. The molecule has 0 N–H and O–H groups in total. The highest BCUT2D eigenvalue weighted by Crippen LogP contribution is 2.53. The van der Waals surface area contributed by atoms with Gasteiger partial charge in [-0.15, -0.1) is 0 Å². The number of nitrogens with zero attached hydrogens (tertiary/aromatic N) is 2. The van der Waals surface area contributed by atoms with Crippen molar-refractivity contribution >= 4 is 57.2 Å². The van der Waals surface area contributed by atoms with E-state index in [1.165, 1.54) is 83.1 Å². The van der Waals surface area contributed by atoms with Crippen molar-refractivity contribution in [2.75, 3.05) is 36.2 Å². The van der Waals surface area contributed by atoms with Crippen LogP contribution in [0.2, 0.25) is 0 Å². The largest absolute Gasteiger partial charge is 0.490 e. The molecule has 6 nitrogen and oxygen atoms in total. The second-order valence-corrected chi connectivity index (χ2v) is 22.1. The number of rotatable bonds is 4. The summed E-state index contributed by atoms with van der Waals surface area (Å²) < 4.78 is 25.3. The normalized spacial score (nSPS) is 16.4. The topological polar surface area (TPSA) is 43.4 Å². The SMILES string of the molecule is Cc1cc2c3c(c1)N(c1ccc4c(c1)OCCCO4)c1cc(-c4ccc5c(c4)C(C)(C)c4ccccc4-5)ccc1B3c1ccc(-c3ccc4c(c3)C(C)(C)c3ccccc3-4)cc1N2c1ccc2c(c1)OCCCO2.